The van der Waals surface area contributed by atoms with Gasteiger partial charge in [0.05, 0.1) is 25.7 Å². The number of halogens is 3. The van der Waals surface area contributed by atoms with Crippen LogP contribution in [0.5, 0.6) is 0 Å². The summed E-state index contributed by atoms with van der Waals surface area (Å²) >= 11 is 0. The predicted molar refractivity (Wildman–Crippen MR) is 53.3 cm³/mol. The van der Waals surface area contributed by atoms with Crippen LogP contribution >= 0.6 is 0 Å². The minimum absolute atomic E-state index is 0.0768. The maximum Gasteiger partial charge on any atom is 0.411 e. The Kier molecular flexibility index (Phi) is 5.20. The third-order valence-electron chi connectivity index (χ3n) is 2.63. The van der Waals surface area contributed by atoms with Gasteiger partial charge in [0.15, 0.2) is 0 Å². The molecule has 0 saturated carbocycles. The third-order valence-corrected chi connectivity index (χ3v) is 2.63. The standard InChI is InChI=1S/C10H16F3NO3/c11-10(12,13)7-17-5-3-9(16)14-4-1-2-8(14)6-15/h8,15H,1-7H2/t8-/m0/s1. The minimum atomic E-state index is -4.36. The molecule has 1 heterocycles. The molecule has 1 atom stereocenters. The summed E-state index contributed by atoms with van der Waals surface area (Å²) in [4.78, 5) is 13.1. The Morgan fingerprint density at radius 3 is 2.76 bits per heavy atom. The largest absolute Gasteiger partial charge is 0.411 e. The van der Waals surface area contributed by atoms with Crippen molar-refractivity contribution in [2.75, 3.05) is 26.4 Å². The van der Waals surface area contributed by atoms with Gasteiger partial charge in [-0.1, -0.05) is 0 Å². The van der Waals surface area contributed by atoms with E-state index in [9.17, 15) is 18.0 Å². The second-order valence-electron chi connectivity index (χ2n) is 3.98. The lowest BCUT2D eigenvalue weighted by Crippen LogP contribution is -2.38. The molecule has 0 spiro atoms. The molecule has 0 aromatic carbocycles. The van der Waals surface area contributed by atoms with Crippen LogP contribution in [-0.4, -0.2) is 54.5 Å². The van der Waals surface area contributed by atoms with Crippen molar-refractivity contribution in [1.29, 1.82) is 0 Å². The summed E-state index contributed by atoms with van der Waals surface area (Å²) in [7, 11) is 0. The monoisotopic (exact) mass is 255 g/mol. The van der Waals surface area contributed by atoms with Crippen molar-refractivity contribution in [2.24, 2.45) is 0 Å². The van der Waals surface area contributed by atoms with Gasteiger partial charge in [0.2, 0.25) is 5.91 Å². The summed E-state index contributed by atoms with van der Waals surface area (Å²) in [6, 6.07) is -0.190. The molecule has 1 amide bonds. The third kappa shape index (κ3) is 4.91. The maximum absolute atomic E-state index is 11.7. The SMILES string of the molecule is O=C(CCOCC(F)(F)F)N1CCC[C@H]1CO. The topological polar surface area (TPSA) is 49.8 Å². The molecule has 1 saturated heterocycles. The summed E-state index contributed by atoms with van der Waals surface area (Å²) in [5.74, 6) is -0.260. The van der Waals surface area contributed by atoms with Gasteiger partial charge < -0.3 is 14.7 Å². The summed E-state index contributed by atoms with van der Waals surface area (Å²) in [5, 5.41) is 8.99. The molecule has 1 rings (SSSR count). The highest BCUT2D eigenvalue weighted by atomic mass is 19.4. The number of aliphatic hydroxyl groups excluding tert-OH is 1. The van der Waals surface area contributed by atoms with Crippen molar-refractivity contribution in [3.63, 3.8) is 0 Å². The van der Waals surface area contributed by atoms with Crippen LogP contribution in [0.2, 0.25) is 0 Å². The predicted octanol–water partition coefficient (Wildman–Crippen LogP) is 0.939. The van der Waals surface area contributed by atoms with E-state index in [1.54, 1.807) is 0 Å². The Morgan fingerprint density at radius 2 is 2.18 bits per heavy atom. The number of alkyl halides is 3. The fourth-order valence-corrected chi connectivity index (χ4v) is 1.84. The molecule has 1 fully saturated rings. The second-order valence-corrected chi connectivity index (χ2v) is 3.98. The van der Waals surface area contributed by atoms with Gasteiger partial charge in [0.25, 0.3) is 0 Å². The Morgan fingerprint density at radius 1 is 1.47 bits per heavy atom. The van der Waals surface area contributed by atoms with Crippen molar-refractivity contribution in [1.82, 2.24) is 4.90 Å². The van der Waals surface area contributed by atoms with E-state index in [0.717, 1.165) is 12.8 Å². The Hall–Kier alpha value is -0.820. The zero-order valence-corrected chi connectivity index (χ0v) is 9.37. The van der Waals surface area contributed by atoms with Crippen LogP contribution in [0, 0.1) is 0 Å². The number of ether oxygens (including phenoxy) is 1. The zero-order valence-electron chi connectivity index (χ0n) is 9.37. The van der Waals surface area contributed by atoms with Crippen molar-refractivity contribution in [3.05, 3.63) is 0 Å². The Labute approximate surface area is 97.3 Å². The average molecular weight is 255 g/mol. The van der Waals surface area contributed by atoms with Gasteiger partial charge in [-0.2, -0.15) is 13.2 Å². The first-order valence-corrected chi connectivity index (χ1v) is 5.49. The molecule has 0 unspecified atom stereocenters. The van der Waals surface area contributed by atoms with E-state index in [4.69, 9.17) is 5.11 Å². The molecule has 0 bridgehead atoms. The molecule has 4 nitrogen and oxygen atoms in total. The summed E-state index contributed by atoms with van der Waals surface area (Å²) < 4.78 is 39.6. The van der Waals surface area contributed by atoms with Crippen LogP contribution in [-0.2, 0) is 9.53 Å². The number of hydrogen-bond donors (Lipinski definition) is 1. The van der Waals surface area contributed by atoms with Crippen molar-refractivity contribution in [3.8, 4) is 0 Å². The fourth-order valence-electron chi connectivity index (χ4n) is 1.84. The summed E-state index contributed by atoms with van der Waals surface area (Å²) in [6.07, 6.45) is -2.87. The molecule has 7 heteroatoms. The molecule has 0 aromatic heterocycles. The minimum Gasteiger partial charge on any atom is -0.394 e. The summed E-state index contributed by atoms with van der Waals surface area (Å²) in [5.41, 5.74) is 0. The van der Waals surface area contributed by atoms with Gasteiger partial charge in [-0.05, 0) is 12.8 Å². The molecular weight excluding hydrogens is 239 g/mol. The van der Waals surface area contributed by atoms with E-state index >= 15 is 0 Å². The number of nitrogens with zero attached hydrogens (tertiary/aromatic N) is 1. The molecule has 0 aromatic rings. The average Bonchev–Trinajstić information content (AvgIpc) is 2.70. The van der Waals surface area contributed by atoms with Gasteiger partial charge in [-0.15, -0.1) is 0 Å². The second kappa shape index (κ2) is 6.20. The number of aliphatic hydroxyl groups is 1. The lowest BCUT2D eigenvalue weighted by Gasteiger charge is -2.22. The quantitative estimate of drug-likeness (QED) is 0.744. The number of rotatable bonds is 5. The van der Waals surface area contributed by atoms with Crippen molar-refractivity contribution in [2.45, 2.75) is 31.5 Å². The fraction of sp³-hybridized carbons (Fsp3) is 0.900. The van der Waals surface area contributed by atoms with Gasteiger partial charge in [-0.3, -0.25) is 4.79 Å². The number of amides is 1. The van der Waals surface area contributed by atoms with Crippen LogP contribution in [0.1, 0.15) is 19.3 Å². The number of carbonyl (C=O) groups excluding carboxylic acids is 1. The Balaban J connectivity index is 2.21. The number of carbonyl (C=O) groups is 1. The van der Waals surface area contributed by atoms with Gasteiger partial charge in [-0.25, -0.2) is 0 Å². The first-order valence-electron chi connectivity index (χ1n) is 5.49. The molecule has 17 heavy (non-hydrogen) atoms. The Bertz CT molecular complexity index is 258. The highest BCUT2D eigenvalue weighted by molar-refractivity contribution is 5.76. The van der Waals surface area contributed by atoms with Gasteiger partial charge >= 0.3 is 6.18 Å². The lowest BCUT2D eigenvalue weighted by molar-refractivity contribution is -0.175. The van der Waals surface area contributed by atoms with E-state index in [1.807, 2.05) is 0 Å². The van der Waals surface area contributed by atoms with E-state index in [1.165, 1.54) is 4.90 Å². The first-order chi connectivity index (χ1) is 7.94. The number of likely N-dealkylation sites (tertiary alicyclic amines) is 1. The molecule has 1 aliphatic rings. The van der Waals surface area contributed by atoms with Crippen LogP contribution in [0.4, 0.5) is 13.2 Å². The van der Waals surface area contributed by atoms with E-state index < -0.39 is 12.8 Å². The highest BCUT2D eigenvalue weighted by Crippen LogP contribution is 2.18. The van der Waals surface area contributed by atoms with Crippen LogP contribution in [0.3, 0.4) is 0 Å². The lowest BCUT2D eigenvalue weighted by atomic mass is 10.2. The van der Waals surface area contributed by atoms with E-state index in [-0.39, 0.29) is 31.6 Å². The molecular formula is C10H16F3NO3. The smallest absolute Gasteiger partial charge is 0.394 e. The normalized spacial score (nSPS) is 20.9. The first kappa shape index (κ1) is 14.2. The maximum atomic E-state index is 11.7. The molecule has 0 aliphatic carbocycles. The molecule has 1 N–H and O–H groups in total. The highest BCUT2D eigenvalue weighted by Gasteiger charge is 2.29. The van der Waals surface area contributed by atoms with Crippen LogP contribution in [0.25, 0.3) is 0 Å². The van der Waals surface area contributed by atoms with E-state index in [2.05, 4.69) is 4.74 Å². The zero-order chi connectivity index (χ0) is 12.9. The van der Waals surface area contributed by atoms with Crippen molar-refractivity contribution < 1.29 is 27.8 Å². The molecule has 100 valence electrons. The van der Waals surface area contributed by atoms with Crippen molar-refractivity contribution >= 4 is 5.91 Å². The number of hydrogen-bond acceptors (Lipinski definition) is 3. The summed E-state index contributed by atoms with van der Waals surface area (Å²) in [6.45, 7) is -1.12. The van der Waals surface area contributed by atoms with Crippen LogP contribution in [0.15, 0.2) is 0 Å². The van der Waals surface area contributed by atoms with Gasteiger partial charge in [0.1, 0.15) is 6.61 Å². The van der Waals surface area contributed by atoms with E-state index in [0.29, 0.717) is 6.54 Å². The molecule has 1 aliphatic heterocycles. The van der Waals surface area contributed by atoms with Gasteiger partial charge in [0, 0.05) is 6.54 Å². The molecule has 0 radical (unpaired) electrons. The van der Waals surface area contributed by atoms with Crippen LogP contribution < -0.4 is 0 Å².